The Hall–Kier alpha value is -1.67. The lowest BCUT2D eigenvalue weighted by Crippen LogP contribution is -2.47. The van der Waals surface area contributed by atoms with E-state index in [1.165, 1.54) is 0 Å². The van der Waals surface area contributed by atoms with E-state index in [4.69, 9.17) is 4.74 Å². The first-order valence-corrected chi connectivity index (χ1v) is 6.25. The summed E-state index contributed by atoms with van der Waals surface area (Å²) in [5, 5.41) is 12.2. The van der Waals surface area contributed by atoms with E-state index < -0.39 is 40.3 Å². The van der Waals surface area contributed by atoms with E-state index in [0.717, 1.165) is 0 Å². The molecule has 0 aromatic heterocycles. The summed E-state index contributed by atoms with van der Waals surface area (Å²) >= 11 is 0. The molecule has 116 valence electrons. The van der Waals surface area contributed by atoms with Crippen LogP contribution in [0.3, 0.4) is 0 Å². The highest BCUT2D eigenvalue weighted by Gasteiger charge is 2.32. The fraction of sp³-hybridized carbons (Fsp3) is 0.462. The zero-order valence-electron chi connectivity index (χ0n) is 10.9. The highest BCUT2D eigenvalue weighted by Crippen LogP contribution is 2.21. The van der Waals surface area contributed by atoms with Crippen molar-refractivity contribution < 1.29 is 32.2 Å². The Labute approximate surface area is 117 Å². The monoisotopic (exact) mass is 307 g/mol. The number of rotatable bonds is 3. The molecule has 1 aromatic rings. The van der Waals surface area contributed by atoms with Gasteiger partial charge in [-0.2, -0.15) is 0 Å². The van der Waals surface area contributed by atoms with Crippen molar-refractivity contribution in [1.82, 2.24) is 5.32 Å². The topological polar surface area (TPSA) is 58.6 Å². The molecule has 1 aliphatic rings. The minimum Gasteiger partial charge on any atom is -0.388 e. The Morgan fingerprint density at radius 3 is 2.24 bits per heavy atom. The predicted molar refractivity (Wildman–Crippen MR) is 63.6 cm³/mol. The average molecular weight is 307 g/mol. The van der Waals surface area contributed by atoms with Crippen LogP contribution in [0.4, 0.5) is 17.6 Å². The summed E-state index contributed by atoms with van der Waals surface area (Å²) < 4.78 is 57.9. The smallest absolute Gasteiger partial charge is 0.257 e. The second-order valence-corrected chi connectivity index (χ2v) is 4.86. The first-order chi connectivity index (χ1) is 9.84. The summed E-state index contributed by atoms with van der Waals surface area (Å²) in [6.45, 7) is 0.263. The lowest BCUT2D eigenvalue weighted by atomic mass is 9.94. The van der Waals surface area contributed by atoms with Crippen molar-refractivity contribution in [3.63, 3.8) is 0 Å². The van der Waals surface area contributed by atoms with Crippen molar-refractivity contribution in [3.05, 3.63) is 34.9 Å². The van der Waals surface area contributed by atoms with Crippen molar-refractivity contribution in [2.45, 2.75) is 18.4 Å². The number of hydrogen-bond acceptors (Lipinski definition) is 3. The molecule has 1 saturated heterocycles. The summed E-state index contributed by atoms with van der Waals surface area (Å²) in [6.07, 6.45) is 0.464. The second kappa shape index (κ2) is 5.98. The molecule has 2 N–H and O–H groups in total. The normalized spacial score (nSPS) is 17.6. The number of carbonyl (C=O) groups excluding carboxylic acids is 1. The SMILES string of the molecule is O=C(NCC1(O)CCOCC1)c1c(F)c(F)cc(F)c1F. The summed E-state index contributed by atoms with van der Waals surface area (Å²) in [4.78, 5) is 11.7. The Bertz CT molecular complexity index is 533. The first-order valence-electron chi connectivity index (χ1n) is 6.25. The highest BCUT2D eigenvalue weighted by atomic mass is 19.2. The van der Waals surface area contributed by atoms with Crippen LogP contribution in [0.1, 0.15) is 23.2 Å². The van der Waals surface area contributed by atoms with Crippen molar-refractivity contribution >= 4 is 5.91 Å². The van der Waals surface area contributed by atoms with Gasteiger partial charge >= 0.3 is 0 Å². The van der Waals surface area contributed by atoms with Crippen LogP contribution in [0.2, 0.25) is 0 Å². The number of nitrogens with one attached hydrogen (secondary N) is 1. The van der Waals surface area contributed by atoms with Gasteiger partial charge in [0.1, 0.15) is 5.56 Å². The fourth-order valence-corrected chi connectivity index (χ4v) is 2.03. The Morgan fingerprint density at radius 1 is 1.19 bits per heavy atom. The quantitative estimate of drug-likeness (QED) is 0.657. The molecule has 1 heterocycles. The van der Waals surface area contributed by atoms with Crippen LogP contribution in [0.5, 0.6) is 0 Å². The third-order valence-electron chi connectivity index (χ3n) is 3.34. The molecule has 0 atom stereocenters. The van der Waals surface area contributed by atoms with Crippen LogP contribution in [-0.4, -0.2) is 36.4 Å². The molecular formula is C13H13F4NO3. The highest BCUT2D eigenvalue weighted by molar-refractivity contribution is 5.94. The van der Waals surface area contributed by atoms with E-state index in [-0.39, 0.29) is 38.7 Å². The minimum atomic E-state index is -1.77. The molecule has 8 heteroatoms. The van der Waals surface area contributed by atoms with Crippen molar-refractivity contribution in [2.24, 2.45) is 0 Å². The van der Waals surface area contributed by atoms with Crippen molar-refractivity contribution in [1.29, 1.82) is 0 Å². The van der Waals surface area contributed by atoms with Gasteiger partial charge in [0.15, 0.2) is 23.3 Å². The number of benzene rings is 1. The van der Waals surface area contributed by atoms with Crippen LogP contribution in [0.15, 0.2) is 6.07 Å². The van der Waals surface area contributed by atoms with E-state index in [2.05, 4.69) is 5.32 Å². The van der Waals surface area contributed by atoms with E-state index in [9.17, 15) is 27.5 Å². The van der Waals surface area contributed by atoms with E-state index >= 15 is 0 Å². The van der Waals surface area contributed by atoms with Gasteiger partial charge in [-0.3, -0.25) is 4.79 Å². The summed E-state index contributed by atoms with van der Waals surface area (Å²) in [5.74, 6) is -8.20. The number of hydrogen-bond donors (Lipinski definition) is 2. The van der Waals surface area contributed by atoms with Crippen molar-refractivity contribution in [2.75, 3.05) is 19.8 Å². The minimum absolute atomic E-state index is 0.0213. The van der Waals surface area contributed by atoms with Gasteiger partial charge in [0.25, 0.3) is 5.91 Å². The second-order valence-electron chi connectivity index (χ2n) is 4.86. The van der Waals surface area contributed by atoms with Crippen LogP contribution >= 0.6 is 0 Å². The maximum Gasteiger partial charge on any atom is 0.257 e. The van der Waals surface area contributed by atoms with Gasteiger partial charge in [-0.15, -0.1) is 0 Å². The van der Waals surface area contributed by atoms with E-state index in [1.54, 1.807) is 0 Å². The molecule has 0 aliphatic carbocycles. The lowest BCUT2D eigenvalue weighted by molar-refractivity contribution is -0.0605. The number of carbonyl (C=O) groups is 1. The van der Waals surface area contributed by atoms with Crippen LogP contribution in [0.25, 0.3) is 0 Å². The van der Waals surface area contributed by atoms with Gasteiger partial charge in [0.05, 0.1) is 5.60 Å². The van der Waals surface area contributed by atoms with Gasteiger partial charge in [-0.05, 0) is 0 Å². The Morgan fingerprint density at radius 2 is 1.71 bits per heavy atom. The van der Waals surface area contributed by atoms with Crippen LogP contribution in [0, 0.1) is 23.3 Å². The molecule has 0 bridgehead atoms. The lowest BCUT2D eigenvalue weighted by Gasteiger charge is -2.32. The largest absolute Gasteiger partial charge is 0.388 e. The maximum atomic E-state index is 13.4. The molecule has 0 saturated carbocycles. The number of halogens is 4. The maximum absolute atomic E-state index is 13.4. The van der Waals surface area contributed by atoms with E-state index in [1.807, 2.05) is 0 Å². The Kier molecular flexibility index (Phi) is 4.48. The van der Waals surface area contributed by atoms with Crippen LogP contribution in [-0.2, 0) is 4.74 Å². The summed E-state index contributed by atoms with van der Waals surface area (Å²) in [5.41, 5.74) is -2.62. The molecule has 1 aliphatic heterocycles. The average Bonchev–Trinajstić information content (AvgIpc) is 2.44. The molecule has 1 amide bonds. The van der Waals surface area contributed by atoms with E-state index in [0.29, 0.717) is 0 Å². The molecule has 0 radical (unpaired) electrons. The van der Waals surface area contributed by atoms with Gasteiger partial charge in [-0.1, -0.05) is 0 Å². The van der Waals surface area contributed by atoms with Gasteiger partial charge < -0.3 is 15.2 Å². The van der Waals surface area contributed by atoms with Crippen molar-refractivity contribution in [3.8, 4) is 0 Å². The number of aliphatic hydroxyl groups is 1. The van der Waals surface area contributed by atoms with Gasteiger partial charge in [0, 0.05) is 38.7 Å². The zero-order chi connectivity index (χ0) is 15.6. The standard InChI is InChI=1S/C13H13F4NO3/c14-7-5-8(15)11(17)9(10(7)16)12(19)18-6-13(20)1-3-21-4-2-13/h5,20H,1-4,6H2,(H,18,19). The first kappa shape index (κ1) is 15.7. The molecule has 21 heavy (non-hydrogen) atoms. The molecule has 0 unspecified atom stereocenters. The summed E-state index contributed by atoms with van der Waals surface area (Å²) in [6, 6.07) is 0.0213. The van der Waals surface area contributed by atoms with Gasteiger partial charge in [-0.25, -0.2) is 17.6 Å². The number of amides is 1. The molecule has 1 aromatic carbocycles. The molecule has 0 spiro atoms. The molecule has 1 fully saturated rings. The fourth-order valence-electron chi connectivity index (χ4n) is 2.03. The van der Waals surface area contributed by atoms with Crippen LogP contribution < -0.4 is 5.32 Å². The Balaban J connectivity index is 2.14. The van der Waals surface area contributed by atoms with Gasteiger partial charge in [0.2, 0.25) is 0 Å². The molecular weight excluding hydrogens is 294 g/mol. The molecule has 2 rings (SSSR count). The third kappa shape index (κ3) is 3.33. The zero-order valence-corrected chi connectivity index (χ0v) is 10.9. The number of ether oxygens (including phenoxy) is 1. The predicted octanol–water partition coefficient (Wildman–Crippen LogP) is 1.51. The third-order valence-corrected chi connectivity index (χ3v) is 3.34. The molecule has 4 nitrogen and oxygen atoms in total. The summed E-state index contributed by atoms with van der Waals surface area (Å²) in [7, 11) is 0.